The number of nitrogens with zero attached hydrogens (tertiary/aromatic N) is 1. The molecule has 1 amide bonds. The normalized spacial score (nSPS) is 21.2. The van der Waals surface area contributed by atoms with E-state index in [-0.39, 0.29) is 18.6 Å². The molecule has 1 heterocycles. The number of hydrogen-bond donors (Lipinski definition) is 3. The molecule has 2 unspecified atom stereocenters. The quantitative estimate of drug-likeness (QED) is 0.720. The SMILES string of the molecule is O=C(NC1CCCCC1O)c1cncc(C#CCCO)c1. The van der Waals surface area contributed by atoms with Crippen molar-refractivity contribution < 1.29 is 15.0 Å². The summed E-state index contributed by atoms with van der Waals surface area (Å²) in [5.74, 6) is 5.41. The second-order valence-electron chi connectivity index (χ2n) is 5.17. The maximum absolute atomic E-state index is 12.2. The molecular formula is C16H20N2O3. The third kappa shape index (κ3) is 4.55. The molecule has 1 fully saturated rings. The minimum atomic E-state index is -0.469. The smallest absolute Gasteiger partial charge is 0.253 e. The van der Waals surface area contributed by atoms with E-state index < -0.39 is 6.10 Å². The van der Waals surface area contributed by atoms with Gasteiger partial charge in [0.25, 0.3) is 5.91 Å². The van der Waals surface area contributed by atoms with Crippen LogP contribution in [0.5, 0.6) is 0 Å². The average Bonchev–Trinajstić information content (AvgIpc) is 2.50. The Morgan fingerprint density at radius 1 is 1.38 bits per heavy atom. The van der Waals surface area contributed by atoms with Gasteiger partial charge in [-0.15, -0.1) is 0 Å². The number of nitrogens with one attached hydrogen (secondary N) is 1. The summed E-state index contributed by atoms with van der Waals surface area (Å²) in [6.45, 7) is 0.0141. The zero-order valence-corrected chi connectivity index (χ0v) is 11.9. The molecule has 3 N–H and O–H groups in total. The molecule has 0 bridgehead atoms. The predicted octanol–water partition coefficient (Wildman–Crippen LogP) is 0.849. The van der Waals surface area contributed by atoms with Gasteiger partial charge >= 0.3 is 0 Å². The summed E-state index contributed by atoms with van der Waals surface area (Å²) in [6, 6.07) is 1.48. The largest absolute Gasteiger partial charge is 0.395 e. The van der Waals surface area contributed by atoms with E-state index in [0.29, 0.717) is 17.5 Å². The van der Waals surface area contributed by atoms with E-state index in [9.17, 15) is 9.90 Å². The Bertz CT molecular complexity index is 548. The second-order valence-corrected chi connectivity index (χ2v) is 5.17. The van der Waals surface area contributed by atoms with Crippen LogP contribution < -0.4 is 5.32 Å². The molecule has 21 heavy (non-hydrogen) atoms. The van der Waals surface area contributed by atoms with Crippen molar-refractivity contribution >= 4 is 5.91 Å². The Morgan fingerprint density at radius 2 is 2.19 bits per heavy atom. The van der Waals surface area contributed by atoms with Crippen LogP contribution in [0.25, 0.3) is 0 Å². The summed E-state index contributed by atoms with van der Waals surface area (Å²) in [5.41, 5.74) is 1.07. The minimum absolute atomic E-state index is 0.0141. The fourth-order valence-corrected chi connectivity index (χ4v) is 2.38. The van der Waals surface area contributed by atoms with E-state index in [0.717, 1.165) is 25.7 Å². The Balaban J connectivity index is 2.02. The molecule has 2 rings (SSSR count). The molecule has 0 aromatic carbocycles. The van der Waals surface area contributed by atoms with Gasteiger partial charge in [0.2, 0.25) is 0 Å². The highest BCUT2D eigenvalue weighted by Crippen LogP contribution is 2.18. The lowest BCUT2D eigenvalue weighted by molar-refractivity contribution is 0.0717. The van der Waals surface area contributed by atoms with Gasteiger partial charge < -0.3 is 15.5 Å². The van der Waals surface area contributed by atoms with Crippen molar-refractivity contribution in [2.45, 2.75) is 44.2 Å². The fraction of sp³-hybridized carbons (Fsp3) is 0.500. The number of hydrogen-bond acceptors (Lipinski definition) is 4. The lowest BCUT2D eigenvalue weighted by Crippen LogP contribution is -2.45. The van der Waals surface area contributed by atoms with E-state index in [1.807, 2.05) is 0 Å². The molecule has 1 aliphatic rings. The number of rotatable bonds is 3. The van der Waals surface area contributed by atoms with Crippen molar-refractivity contribution in [1.29, 1.82) is 0 Å². The first-order valence-corrected chi connectivity index (χ1v) is 7.24. The van der Waals surface area contributed by atoms with Crippen LogP contribution >= 0.6 is 0 Å². The Hall–Kier alpha value is -1.90. The van der Waals surface area contributed by atoms with Crippen LogP contribution in [-0.4, -0.2) is 39.9 Å². The monoisotopic (exact) mass is 288 g/mol. The first kappa shape index (κ1) is 15.5. The first-order valence-electron chi connectivity index (χ1n) is 7.24. The Kier molecular flexibility index (Phi) is 5.73. The van der Waals surface area contributed by atoms with Gasteiger partial charge in [0, 0.05) is 24.4 Å². The highest BCUT2D eigenvalue weighted by atomic mass is 16.3. The van der Waals surface area contributed by atoms with Crippen molar-refractivity contribution in [2.24, 2.45) is 0 Å². The van der Waals surface area contributed by atoms with Gasteiger partial charge in [-0.25, -0.2) is 0 Å². The van der Waals surface area contributed by atoms with Crippen LogP contribution in [0.1, 0.15) is 48.0 Å². The van der Waals surface area contributed by atoms with Crippen LogP contribution in [0.4, 0.5) is 0 Å². The van der Waals surface area contributed by atoms with E-state index in [4.69, 9.17) is 5.11 Å². The molecule has 1 saturated carbocycles. The van der Waals surface area contributed by atoms with Crippen molar-refractivity contribution in [3.05, 3.63) is 29.6 Å². The summed E-state index contributed by atoms with van der Waals surface area (Å²) in [5, 5.41) is 21.4. The van der Waals surface area contributed by atoms with E-state index in [2.05, 4.69) is 22.1 Å². The number of aliphatic hydroxyl groups excluding tert-OH is 2. The fourth-order valence-electron chi connectivity index (χ4n) is 2.38. The van der Waals surface area contributed by atoms with Crippen LogP contribution in [0, 0.1) is 11.8 Å². The third-order valence-corrected chi connectivity index (χ3v) is 3.52. The molecular weight excluding hydrogens is 268 g/mol. The number of aliphatic hydroxyl groups is 2. The molecule has 0 saturated heterocycles. The zero-order valence-electron chi connectivity index (χ0n) is 11.9. The lowest BCUT2D eigenvalue weighted by atomic mass is 9.92. The standard InChI is InChI=1S/C16H20N2O3/c19-8-4-3-5-12-9-13(11-17-10-12)16(21)18-14-6-1-2-7-15(14)20/h9-11,14-15,19-20H,1-2,4,6-8H2,(H,18,21). The van der Waals surface area contributed by atoms with E-state index >= 15 is 0 Å². The number of carbonyl (C=O) groups is 1. The Morgan fingerprint density at radius 3 is 2.95 bits per heavy atom. The van der Waals surface area contributed by atoms with Gasteiger partial charge in [-0.3, -0.25) is 9.78 Å². The molecule has 2 atom stereocenters. The average molecular weight is 288 g/mol. The van der Waals surface area contributed by atoms with Gasteiger partial charge in [0.15, 0.2) is 0 Å². The molecule has 5 heteroatoms. The van der Waals surface area contributed by atoms with Crippen molar-refractivity contribution in [3.8, 4) is 11.8 Å². The number of carbonyl (C=O) groups excluding carboxylic acids is 1. The van der Waals surface area contributed by atoms with Crippen LogP contribution in [0.3, 0.4) is 0 Å². The molecule has 0 aliphatic heterocycles. The Labute approximate surface area is 124 Å². The van der Waals surface area contributed by atoms with Gasteiger partial charge in [-0.2, -0.15) is 0 Å². The van der Waals surface area contributed by atoms with Crippen LogP contribution in [-0.2, 0) is 0 Å². The third-order valence-electron chi connectivity index (χ3n) is 3.52. The summed E-state index contributed by atoms with van der Waals surface area (Å²) >= 11 is 0. The van der Waals surface area contributed by atoms with Gasteiger partial charge in [0.1, 0.15) is 0 Å². The van der Waals surface area contributed by atoms with Gasteiger partial charge in [0.05, 0.1) is 24.3 Å². The highest BCUT2D eigenvalue weighted by molar-refractivity contribution is 5.94. The first-order chi connectivity index (χ1) is 10.2. The van der Waals surface area contributed by atoms with Gasteiger partial charge in [-0.05, 0) is 18.9 Å². The zero-order chi connectivity index (χ0) is 15.1. The molecule has 5 nitrogen and oxygen atoms in total. The lowest BCUT2D eigenvalue weighted by Gasteiger charge is -2.28. The second kappa shape index (κ2) is 7.77. The van der Waals surface area contributed by atoms with Crippen molar-refractivity contribution in [1.82, 2.24) is 10.3 Å². The predicted molar refractivity (Wildman–Crippen MR) is 78.5 cm³/mol. The maximum Gasteiger partial charge on any atom is 0.253 e. The molecule has 112 valence electrons. The molecule has 0 radical (unpaired) electrons. The van der Waals surface area contributed by atoms with Gasteiger partial charge in [-0.1, -0.05) is 24.7 Å². The number of pyridine rings is 1. The molecule has 0 spiro atoms. The molecule has 1 aliphatic carbocycles. The number of amides is 1. The van der Waals surface area contributed by atoms with Crippen molar-refractivity contribution in [2.75, 3.05) is 6.61 Å². The minimum Gasteiger partial charge on any atom is -0.395 e. The summed E-state index contributed by atoms with van der Waals surface area (Å²) in [4.78, 5) is 16.2. The van der Waals surface area contributed by atoms with Crippen LogP contribution in [0.2, 0.25) is 0 Å². The highest BCUT2D eigenvalue weighted by Gasteiger charge is 2.24. The topological polar surface area (TPSA) is 82.5 Å². The van der Waals surface area contributed by atoms with E-state index in [1.165, 1.54) is 6.20 Å². The summed E-state index contributed by atoms with van der Waals surface area (Å²) < 4.78 is 0. The van der Waals surface area contributed by atoms with Crippen molar-refractivity contribution in [3.63, 3.8) is 0 Å². The maximum atomic E-state index is 12.2. The van der Waals surface area contributed by atoms with E-state index in [1.54, 1.807) is 12.3 Å². The summed E-state index contributed by atoms with van der Waals surface area (Å²) in [7, 11) is 0. The summed E-state index contributed by atoms with van der Waals surface area (Å²) in [6.07, 6.45) is 6.55. The van der Waals surface area contributed by atoms with Crippen LogP contribution in [0.15, 0.2) is 18.5 Å². The molecule has 1 aromatic rings. The molecule has 1 aromatic heterocycles. The number of aromatic nitrogens is 1.